The Balaban J connectivity index is 0. The molecule has 0 aromatic rings. The monoisotopic (exact) mass is 375 g/mol. The molecule has 0 aromatic carbocycles. The molecule has 1 atom stereocenters. The second-order valence-electron chi connectivity index (χ2n) is 6.09. The molecule has 0 aliphatic rings. The van der Waals surface area contributed by atoms with Crippen LogP contribution in [0.4, 0.5) is 0 Å². The molecule has 2 N–H and O–H groups in total. The zero-order valence-electron chi connectivity index (χ0n) is 15.1. The number of aliphatic hydroxyl groups is 1. The van der Waals surface area contributed by atoms with Crippen LogP contribution in [0.5, 0.6) is 0 Å². The molecule has 7 heteroatoms. The Labute approximate surface area is 185 Å². The van der Waals surface area contributed by atoms with E-state index in [1.54, 1.807) is 0 Å². The smallest absolute Gasteiger partial charge is 0.748 e. The first kappa shape index (κ1) is 26.7. The molecule has 0 spiro atoms. The fraction of sp³-hybridized carbons (Fsp3) is 1.00. The normalized spacial score (nSPS) is 12.8. The van der Waals surface area contributed by atoms with E-state index in [2.05, 4.69) is 12.2 Å². The van der Waals surface area contributed by atoms with Crippen molar-refractivity contribution in [2.24, 2.45) is 0 Å². The van der Waals surface area contributed by atoms with Gasteiger partial charge in [0.2, 0.25) is 0 Å². The second-order valence-corrected chi connectivity index (χ2v) is 7.61. The fourth-order valence-corrected chi connectivity index (χ4v) is 2.83. The number of aliphatic hydroxyl groups excluding tert-OH is 1. The van der Waals surface area contributed by atoms with Crippen LogP contribution in [0.3, 0.4) is 0 Å². The van der Waals surface area contributed by atoms with Crippen LogP contribution in [0.1, 0.15) is 77.6 Å². The molecule has 0 radical (unpaired) electrons. The molecule has 0 aromatic heterocycles. The van der Waals surface area contributed by atoms with Crippen molar-refractivity contribution in [1.82, 2.24) is 5.32 Å². The van der Waals surface area contributed by atoms with E-state index in [4.69, 9.17) is 0 Å². The van der Waals surface area contributed by atoms with Crippen LogP contribution in [0, 0.1) is 0 Å². The minimum Gasteiger partial charge on any atom is -0.748 e. The third kappa shape index (κ3) is 23.5. The number of nitrogens with one attached hydrogen (secondary N) is 1. The van der Waals surface area contributed by atoms with Crippen molar-refractivity contribution in [3.8, 4) is 0 Å². The van der Waals surface area contributed by atoms with Crippen molar-refractivity contribution in [2.45, 2.75) is 83.7 Å². The molecule has 0 aliphatic carbocycles. The van der Waals surface area contributed by atoms with Gasteiger partial charge in [-0.3, -0.25) is 0 Å². The Bertz CT molecular complexity index is 339. The van der Waals surface area contributed by atoms with Crippen LogP contribution in [0.2, 0.25) is 0 Å². The predicted molar refractivity (Wildman–Crippen MR) is 89.9 cm³/mol. The first-order valence-electron chi connectivity index (χ1n) is 8.78. The SMILES string of the molecule is CCCCCCCCCCCCC(O)CNCCS(=O)(=O)[O-].[K+]. The van der Waals surface area contributed by atoms with Gasteiger partial charge in [-0.05, 0) is 6.42 Å². The van der Waals surface area contributed by atoms with Crippen molar-refractivity contribution in [3.63, 3.8) is 0 Å². The summed E-state index contributed by atoms with van der Waals surface area (Å²) in [6.45, 7) is 2.70. The predicted octanol–water partition coefficient (Wildman–Crippen LogP) is -0.203. The van der Waals surface area contributed by atoms with Gasteiger partial charge in [-0.25, -0.2) is 8.42 Å². The van der Waals surface area contributed by atoms with Gasteiger partial charge in [0.1, 0.15) is 0 Å². The average molecular weight is 376 g/mol. The van der Waals surface area contributed by atoms with Crippen LogP contribution in [-0.2, 0) is 10.1 Å². The zero-order chi connectivity index (χ0) is 16.7. The largest absolute Gasteiger partial charge is 1.00 e. The number of hydrogen-bond donors (Lipinski definition) is 2. The Hall–Kier alpha value is 1.47. The quantitative estimate of drug-likeness (QED) is 0.221. The van der Waals surface area contributed by atoms with E-state index in [1.807, 2.05) is 0 Å². The molecular formula is C16H34KNO4S. The molecule has 0 bridgehead atoms. The molecule has 23 heavy (non-hydrogen) atoms. The number of hydrogen-bond acceptors (Lipinski definition) is 5. The number of unbranched alkanes of at least 4 members (excludes halogenated alkanes) is 9. The van der Waals surface area contributed by atoms with Crippen LogP contribution < -0.4 is 56.7 Å². The summed E-state index contributed by atoms with van der Waals surface area (Å²) < 4.78 is 31.2. The summed E-state index contributed by atoms with van der Waals surface area (Å²) in [6, 6.07) is 0. The molecule has 1 unspecified atom stereocenters. The molecule has 0 saturated heterocycles. The van der Waals surface area contributed by atoms with Crippen molar-refractivity contribution < 1.29 is 69.5 Å². The van der Waals surface area contributed by atoms with E-state index in [1.165, 1.54) is 51.4 Å². The minimum atomic E-state index is -4.15. The van der Waals surface area contributed by atoms with E-state index < -0.39 is 22.0 Å². The summed E-state index contributed by atoms with van der Waals surface area (Å²) in [7, 11) is -4.15. The maximum absolute atomic E-state index is 10.4. The maximum atomic E-state index is 10.4. The van der Waals surface area contributed by atoms with Crippen LogP contribution in [0.25, 0.3) is 0 Å². The molecule has 0 aliphatic heterocycles. The van der Waals surface area contributed by atoms with Crippen molar-refractivity contribution in [1.29, 1.82) is 0 Å². The van der Waals surface area contributed by atoms with E-state index in [0.29, 0.717) is 6.54 Å². The maximum Gasteiger partial charge on any atom is 1.00 e. The second kappa shape index (κ2) is 18.3. The van der Waals surface area contributed by atoms with Gasteiger partial charge >= 0.3 is 51.4 Å². The van der Waals surface area contributed by atoms with Gasteiger partial charge in [0, 0.05) is 13.1 Å². The fourth-order valence-electron chi connectivity index (χ4n) is 2.44. The summed E-state index contributed by atoms with van der Waals surface area (Å²) in [5.41, 5.74) is 0. The molecule has 0 fully saturated rings. The first-order valence-corrected chi connectivity index (χ1v) is 10.4. The van der Waals surface area contributed by atoms with Gasteiger partial charge < -0.3 is 15.0 Å². The van der Waals surface area contributed by atoms with Gasteiger partial charge in [-0.2, -0.15) is 0 Å². The molecule has 0 amide bonds. The summed E-state index contributed by atoms with van der Waals surface area (Å²) >= 11 is 0. The average Bonchev–Trinajstić information content (AvgIpc) is 2.44. The summed E-state index contributed by atoms with van der Waals surface area (Å²) in [6.07, 6.45) is 12.9. The summed E-state index contributed by atoms with van der Waals surface area (Å²) in [5, 5.41) is 12.5. The molecule has 134 valence electrons. The zero-order valence-corrected chi connectivity index (χ0v) is 19.0. The first-order chi connectivity index (χ1) is 10.5. The minimum absolute atomic E-state index is 0. The Morgan fingerprint density at radius 2 is 1.43 bits per heavy atom. The number of rotatable bonds is 16. The molecule has 0 rings (SSSR count). The molecule has 0 heterocycles. The Morgan fingerprint density at radius 3 is 1.91 bits per heavy atom. The van der Waals surface area contributed by atoms with Crippen LogP contribution in [-0.4, -0.2) is 43.0 Å². The summed E-state index contributed by atoms with van der Waals surface area (Å²) in [4.78, 5) is 0. The standard InChI is InChI=1S/C16H35NO4S.K/c1-2-3-4-5-6-7-8-9-10-11-12-16(18)15-17-13-14-22(19,20)21;/h16-18H,2-15H2,1H3,(H,19,20,21);/q;+1/p-1. The third-order valence-corrected chi connectivity index (χ3v) is 4.50. The van der Waals surface area contributed by atoms with Crippen molar-refractivity contribution in [3.05, 3.63) is 0 Å². The van der Waals surface area contributed by atoms with Gasteiger partial charge in [-0.1, -0.05) is 71.1 Å². The molecule has 0 saturated carbocycles. The van der Waals surface area contributed by atoms with E-state index in [-0.39, 0.29) is 57.9 Å². The third-order valence-electron chi connectivity index (χ3n) is 3.80. The van der Waals surface area contributed by atoms with E-state index in [0.717, 1.165) is 19.3 Å². The van der Waals surface area contributed by atoms with E-state index >= 15 is 0 Å². The molecular weight excluding hydrogens is 341 g/mol. The van der Waals surface area contributed by atoms with Gasteiger partial charge in [0.25, 0.3) is 0 Å². The molecule has 5 nitrogen and oxygen atoms in total. The van der Waals surface area contributed by atoms with Crippen LogP contribution in [0.15, 0.2) is 0 Å². The van der Waals surface area contributed by atoms with Gasteiger partial charge in [-0.15, -0.1) is 0 Å². The summed E-state index contributed by atoms with van der Waals surface area (Å²) in [5.74, 6) is -0.419. The van der Waals surface area contributed by atoms with Gasteiger partial charge in [0.05, 0.1) is 22.0 Å². The Morgan fingerprint density at radius 1 is 0.957 bits per heavy atom. The Kier molecular flexibility index (Phi) is 21.2. The topological polar surface area (TPSA) is 89.5 Å². The van der Waals surface area contributed by atoms with E-state index in [9.17, 15) is 18.1 Å². The van der Waals surface area contributed by atoms with Crippen molar-refractivity contribution in [2.75, 3.05) is 18.8 Å². The van der Waals surface area contributed by atoms with Crippen molar-refractivity contribution >= 4 is 10.1 Å². The van der Waals surface area contributed by atoms with Crippen LogP contribution >= 0.6 is 0 Å². The van der Waals surface area contributed by atoms with Gasteiger partial charge in [0.15, 0.2) is 0 Å².